The van der Waals surface area contributed by atoms with E-state index in [2.05, 4.69) is 15.1 Å². The molecule has 0 aliphatic carbocycles. The van der Waals surface area contributed by atoms with Crippen molar-refractivity contribution in [3.8, 4) is 5.95 Å². The molecule has 3 N–H and O–H groups in total. The summed E-state index contributed by atoms with van der Waals surface area (Å²) in [4.78, 5) is 8.60. The zero-order valence-corrected chi connectivity index (χ0v) is 10.9. The summed E-state index contributed by atoms with van der Waals surface area (Å²) in [7, 11) is 0. The van der Waals surface area contributed by atoms with Gasteiger partial charge in [-0.15, -0.1) is 0 Å². The lowest BCUT2D eigenvalue weighted by atomic mass is 10.2. The number of aromatic nitrogens is 4. The molecule has 94 valence electrons. The van der Waals surface area contributed by atoms with Gasteiger partial charge in [0.25, 0.3) is 5.95 Å². The molecule has 0 saturated carbocycles. The summed E-state index contributed by atoms with van der Waals surface area (Å²) in [6, 6.07) is 1.68. The summed E-state index contributed by atoms with van der Waals surface area (Å²) in [6.07, 6.45) is 0. The van der Waals surface area contributed by atoms with E-state index in [0.717, 1.165) is 22.6 Å². The second-order valence-electron chi connectivity index (χ2n) is 4.32. The third kappa shape index (κ3) is 1.97. The predicted octanol–water partition coefficient (Wildman–Crippen LogP) is 1.18. The Balaban J connectivity index is 2.63. The third-order valence-electron chi connectivity index (χ3n) is 2.96. The molecular weight excluding hydrogens is 228 g/mol. The number of aryl methyl sites for hydroxylation is 2. The third-order valence-corrected chi connectivity index (χ3v) is 2.96. The highest BCUT2D eigenvalue weighted by atomic mass is 15.4. The molecule has 6 nitrogen and oxygen atoms in total. The van der Waals surface area contributed by atoms with Crippen molar-refractivity contribution < 1.29 is 0 Å². The van der Waals surface area contributed by atoms with E-state index in [-0.39, 0.29) is 5.84 Å². The van der Waals surface area contributed by atoms with Crippen molar-refractivity contribution in [1.82, 2.24) is 19.7 Å². The number of rotatable bonds is 2. The molecule has 6 heteroatoms. The van der Waals surface area contributed by atoms with Crippen LogP contribution in [0.3, 0.4) is 0 Å². The van der Waals surface area contributed by atoms with E-state index in [4.69, 9.17) is 11.1 Å². The van der Waals surface area contributed by atoms with Crippen LogP contribution in [-0.2, 0) is 0 Å². The summed E-state index contributed by atoms with van der Waals surface area (Å²) in [5.74, 6) is 0.383. The number of nitrogens with two attached hydrogens (primary N) is 1. The minimum atomic E-state index is -0.0694. The second kappa shape index (κ2) is 4.21. The molecular formula is C12H16N6. The second-order valence-corrected chi connectivity index (χ2v) is 4.32. The van der Waals surface area contributed by atoms with Gasteiger partial charge in [0.15, 0.2) is 0 Å². The summed E-state index contributed by atoms with van der Waals surface area (Å²) < 4.78 is 1.68. The maximum absolute atomic E-state index is 7.45. The van der Waals surface area contributed by atoms with Gasteiger partial charge in [-0.3, -0.25) is 5.41 Å². The Morgan fingerprint density at radius 1 is 1.22 bits per heavy atom. The summed E-state index contributed by atoms with van der Waals surface area (Å²) in [6.45, 7) is 7.76. The molecule has 0 aromatic carbocycles. The number of nitrogens with zero attached hydrogens (tertiary/aromatic N) is 4. The van der Waals surface area contributed by atoms with E-state index in [9.17, 15) is 0 Å². The fourth-order valence-corrected chi connectivity index (χ4v) is 1.70. The van der Waals surface area contributed by atoms with Gasteiger partial charge in [-0.05, 0) is 39.3 Å². The smallest absolute Gasteiger partial charge is 0.251 e. The summed E-state index contributed by atoms with van der Waals surface area (Å²) >= 11 is 0. The van der Waals surface area contributed by atoms with E-state index in [1.165, 1.54) is 0 Å². The predicted molar refractivity (Wildman–Crippen MR) is 69.1 cm³/mol. The van der Waals surface area contributed by atoms with Crippen LogP contribution in [0.4, 0.5) is 0 Å². The quantitative estimate of drug-likeness (QED) is 0.612. The van der Waals surface area contributed by atoms with Gasteiger partial charge in [0.2, 0.25) is 0 Å². The highest BCUT2D eigenvalue weighted by molar-refractivity contribution is 5.93. The van der Waals surface area contributed by atoms with Crippen LogP contribution in [0.1, 0.15) is 28.3 Å². The molecule has 0 radical (unpaired) electrons. The molecule has 0 atom stereocenters. The molecule has 0 amide bonds. The van der Waals surface area contributed by atoms with Gasteiger partial charge in [0.05, 0.1) is 5.69 Å². The standard InChI is InChI=1S/C12H16N6/c1-6-5-10(11(13)14)16-12(15-6)18-9(4)7(2)8(3)17-18/h5H,1-4H3,(H3,13,14). The summed E-state index contributed by atoms with van der Waals surface area (Å²) in [5, 5.41) is 11.9. The van der Waals surface area contributed by atoms with Gasteiger partial charge >= 0.3 is 0 Å². The zero-order valence-electron chi connectivity index (χ0n) is 10.9. The fraction of sp³-hybridized carbons (Fsp3) is 0.333. The number of nitrogen functional groups attached to an aromatic ring is 1. The van der Waals surface area contributed by atoms with Crippen LogP contribution in [0.2, 0.25) is 0 Å². The van der Waals surface area contributed by atoms with Crippen LogP contribution in [0, 0.1) is 33.1 Å². The average Bonchev–Trinajstić information content (AvgIpc) is 2.56. The molecule has 0 unspecified atom stereocenters. The Hall–Kier alpha value is -2.24. The molecule has 2 heterocycles. The largest absolute Gasteiger partial charge is 0.382 e. The van der Waals surface area contributed by atoms with Gasteiger partial charge in [-0.25, -0.2) is 14.6 Å². The average molecular weight is 244 g/mol. The van der Waals surface area contributed by atoms with Crippen molar-refractivity contribution in [3.05, 3.63) is 34.4 Å². The zero-order chi connectivity index (χ0) is 13.4. The maximum atomic E-state index is 7.45. The fourth-order valence-electron chi connectivity index (χ4n) is 1.70. The van der Waals surface area contributed by atoms with E-state index in [1.807, 2.05) is 27.7 Å². The van der Waals surface area contributed by atoms with E-state index in [1.54, 1.807) is 10.7 Å². The normalized spacial score (nSPS) is 10.7. The van der Waals surface area contributed by atoms with Gasteiger partial charge in [-0.1, -0.05) is 0 Å². The Morgan fingerprint density at radius 2 is 1.89 bits per heavy atom. The van der Waals surface area contributed by atoms with Crippen molar-refractivity contribution in [3.63, 3.8) is 0 Å². The van der Waals surface area contributed by atoms with Crippen molar-refractivity contribution >= 4 is 5.84 Å². The van der Waals surface area contributed by atoms with Crippen LogP contribution in [-0.4, -0.2) is 25.6 Å². The lowest BCUT2D eigenvalue weighted by Gasteiger charge is -2.06. The van der Waals surface area contributed by atoms with Crippen molar-refractivity contribution in [1.29, 1.82) is 5.41 Å². The first-order chi connectivity index (χ1) is 8.40. The van der Waals surface area contributed by atoms with Crippen molar-refractivity contribution in [2.75, 3.05) is 0 Å². The van der Waals surface area contributed by atoms with Gasteiger partial charge < -0.3 is 5.73 Å². The monoisotopic (exact) mass is 244 g/mol. The number of hydrogen-bond donors (Lipinski definition) is 2. The molecule has 0 spiro atoms. The van der Waals surface area contributed by atoms with Crippen molar-refractivity contribution in [2.24, 2.45) is 5.73 Å². The van der Waals surface area contributed by atoms with E-state index in [0.29, 0.717) is 11.6 Å². The first-order valence-electron chi connectivity index (χ1n) is 5.63. The maximum Gasteiger partial charge on any atom is 0.251 e. The Labute approximate surface area is 105 Å². The van der Waals surface area contributed by atoms with E-state index >= 15 is 0 Å². The number of nitrogens with one attached hydrogen (secondary N) is 1. The summed E-state index contributed by atoms with van der Waals surface area (Å²) in [5.41, 5.74) is 9.70. The van der Waals surface area contributed by atoms with Crippen LogP contribution >= 0.6 is 0 Å². The lowest BCUT2D eigenvalue weighted by Crippen LogP contribution is -2.17. The first-order valence-corrected chi connectivity index (χ1v) is 5.63. The molecule has 0 aliphatic heterocycles. The Bertz CT molecular complexity index is 626. The Kier molecular flexibility index (Phi) is 2.86. The Morgan fingerprint density at radius 3 is 2.39 bits per heavy atom. The van der Waals surface area contributed by atoms with Gasteiger partial charge in [-0.2, -0.15) is 5.10 Å². The molecule has 2 rings (SSSR count). The molecule has 2 aromatic heterocycles. The topological polar surface area (TPSA) is 93.5 Å². The van der Waals surface area contributed by atoms with Gasteiger partial charge in [0, 0.05) is 11.4 Å². The van der Waals surface area contributed by atoms with Crippen molar-refractivity contribution in [2.45, 2.75) is 27.7 Å². The minimum Gasteiger partial charge on any atom is -0.382 e. The molecule has 0 bridgehead atoms. The highest BCUT2D eigenvalue weighted by Gasteiger charge is 2.13. The van der Waals surface area contributed by atoms with Gasteiger partial charge in [0.1, 0.15) is 11.5 Å². The number of amidine groups is 1. The molecule has 0 saturated heterocycles. The van der Waals surface area contributed by atoms with Crippen LogP contribution < -0.4 is 5.73 Å². The lowest BCUT2D eigenvalue weighted by molar-refractivity contribution is 0.766. The van der Waals surface area contributed by atoms with Crippen LogP contribution in [0.15, 0.2) is 6.07 Å². The molecule has 0 aliphatic rings. The SMILES string of the molecule is Cc1cc(C(=N)N)nc(-n2nc(C)c(C)c2C)n1. The highest BCUT2D eigenvalue weighted by Crippen LogP contribution is 2.14. The molecule has 2 aromatic rings. The first kappa shape index (κ1) is 12.2. The van der Waals surface area contributed by atoms with Crippen LogP contribution in [0.25, 0.3) is 5.95 Å². The van der Waals surface area contributed by atoms with E-state index < -0.39 is 0 Å². The molecule has 0 fully saturated rings. The minimum absolute atomic E-state index is 0.0694. The number of hydrogen-bond acceptors (Lipinski definition) is 4. The van der Waals surface area contributed by atoms with Crippen LogP contribution in [0.5, 0.6) is 0 Å². The molecule has 18 heavy (non-hydrogen) atoms.